The van der Waals surface area contributed by atoms with Gasteiger partial charge in [0.05, 0.1) is 12.2 Å². The number of nitrogens with two attached hydrogens (primary N) is 1. The van der Waals surface area contributed by atoms with Crippen LogP contribution in [-0.2, 0) is 0 Å². The first-order valence-corrected chi connectivity index (χ1v) is 3.73. The van der Waals surface area contributed by atoms with Crippen LogP contribution >= 0.6 is 0 Å². The molecule has 5 heteroatoms. The molecule has 0 aliphatic rings. The number of primary amides is 1. The Morgan fingerprint density at radius 3 is 3.08 bits per heavy atom. The minimum absolute atomic E-state index is 0.111. The van der Waals surface area contributed by atoms with Crippen LogP contribution < -0.4 is 10.5 Å². The van der Waals surface area contributed by atoms with Gasteiger partial charge in [0.25, 0.3) is 5.91 Å². The molecular formula is C8H10N2O3. The average molecular weight is 182 g/mol. The molecule has 0 aliphatic carbocycles. The molecule has 1 aromatic rings. The largest absolute Gasteiger partial charge is 0.490 e. The van der Waals surface area contributed by atoms with Crippen LogP contribution in [0.4, 0.5) is 0 Å². The van der Waals surface area contributed by atoms with Crippen molar-refractivity contribution in [3.63, 3.8) is 0 Å². The number of aliphatic hydroxyl groups is 1. The quantitative estimate of drug-likeness (QED) is 0.660. The summed E-state index contributed by atoms with van der Waals surface area (Å²) in [5.41, 5.74) is 5.28. The molecule has 3 N–H and O–H groups in total. The number of carbonyl (C=O) groups excluding carboxylic acids is 1. The monoisotopic (exact) mass is 182 g/mol. The van der Waals surface area contributed by atoms with Crippen molar-refractivity contribution in [3.8, 4) is 5.75 Å². The number of nitrogens with zero attached hydrogens (tertiary/aromatic N) is 1. The maximum Gasteiger partial charge on any atom is 0.254 e. The van der Waals surface area contributed by atoms with Gasteiger partial charge in [-0.05, 0) is 6.07 Å². The van der Waals surface area contributed by atoms with E-state index in [0.29, 0.717) is 5.75 Å². The number of carbonyl (C=O) groups is 1. The van der Waals surface area contributed by atoms with Gasteiger partial charge in [-0.2, -0.15) is 0 Å². The van der Waals surface area contributed by atoms with Crippen LogP contribution in [0.1, 0.15) is 10.4 Å². The lowest BCUT2D eigenvalue weighted by Crippen LogP contribution is -2.14. The van der Waals surface area contributed by atoms with Crippen LogP contribution in [-0.4, -0.2) is 29.2 Å². The molecule has 0 aliphatic heterocycles. The van der Waals surface area contributed by atoms with Gasteiger partial charge in [0.1, 0.15) is 12.4 Å². The zero-order valence-electron chi connectivity index (χ0n) is 6.93. The first kappa shape index (κ1) is 9.47. The molecule has 0 radical (unpaired) electrons. The van der Waals surface area contributed by atoms with Crippen molar-refractivity contribution in [2.75, 3.05) is 13.2 Å². The second-order valence-corrected chi connectivity index (χ2v) is 2.31. The molecule has 13 heavy (non-hydrogen) atoms. The molecule has 5 nitrogen and oxygen atoms in total. The lowest BCUT2D eigenvalue weighted by Gasteiger charge is -2.06. The Labute approximate surface area is 75.2 Å². The molecule has 0 unspecified atom stereocenters. The van der Waals surface area contributed by atoms with Crippen molar-refractivity contribution in [2.45, 2.75) is 0 Å². The summed E-state index contributed by atoms with van der Waals surface area (Å²) in [6.45, 7) is 0.0187. The number of aliphatic hydroxyl groups excluding tert-OH is 1. The van der Waals surface area contributed by atoms with E-state index < -0.39 is 5.91 Å². The second-order valence-electron chi connectivity index (χ2n) is 2.31. The van der Waals surface area contributed by atoms with E-state index in [0.717, 1.165) is 0 Å². The Balaban J connectivity index is 2.84. The van der Waals surface area contributed by atoms with Gasteiger partial charge in [-0.3, -0.25) is 9.78 Å². The molecule has 0 atom stereocenters. The van der Waals surface area contributed by atoms with E-state index in [-0.39, 0.29) is 18.8 Å². The van der Waals surface area contributed by atoms with Gasteiger partial charge in [-0.15, -0.1) is 0 Å². The van der Waals surface area contributed by atoms with E-state index in [1.54, 1.807) is 0 Å². The van der Waals surface area contributed by atoms with E-state index in [1.807, 2.05) is 0 Å². The maximum atomic E-state index is 10.8. The highest BCUT2D eigenvalue weighted by atomic mass is 16.5. The van der Waals surface area contributed by atoms with Crippen LogP contribution in [0.2, 0.25) is 0 Å². The Hall–Kier alpha value is -1.62. The molecule has 70 valence electrons. The molecule has 0 spiro atoms. The third-order valence-electron chi connectivity index (χ3n) is 1.40. The fraction of sp³-hybridized carbons (Fsp3) is 0.250. The summed E-state index contributed by atoms with van der Waals surface area (Å²) in [5.74, 6) is -0.252. The number of hydrogen-bond donors (Lipinski definition) is 2. The third kappa shape index (κ3) is 2.41. The first-order valence-electron chi connectivity index (χ1n) is 3.73. The Morgan fingerprint density at radius 1 is 1.69 bits per heavy atom. The highest BCUT2D eigenvalue weighted by Crippen LogP contribution is 2.15. The summed E-state index contributed by atoms with van der Waals surface area (Å²) in [7, 11) is 0. The standard InChI is InChI=1S/C8H10N2O3/c9-8(12)6-5-10-2-1-7(6)13-4-3-11/h1-2,5,11H,3-4H2,(H2,9,12). The van der Waals surface area contributed by atoms with Gasteiger partial charge in [0.15, 0.2) is 0 Å². The normalized spacial score (nSPS) is 9.62. The van der Waals surface area contributed by atoms with Gasteiger partial charge in [-0.25, -0.2) is 0 Å². The van der Waals surface area contributed by atoms with Crippen molar-refractivity contribution >= 4 is 5.91 Å². The molecule has 0 aromatic carbocycles. The zero-order chi connectivity index (χ0) is 9.68. The van der Waals surface area contributed by atoms with E-state index in [2.05, 4.69) is 4.98 Å². The molecule has 1 heterocycles. The molecule has 0 saturated carbocycles. The van der Waals surface area contributed by atoms with E-state index in [1.165, 1.54) is 18.5 Å². The number of hydrogen-bond acceptors (Lipinski definition) is 4. The maximum absolute atomic E-state index is 10.8. The predicted molar refractivity (Wildman–Crippen MR) is 45.3 cm³/mol. The second kappa shape index (κ2) is 4.42. The number of rotatable bonds is 4. The van der Waals surface area contributed by atoms with Crippen LogP contribution in [0.3, 0.4) is 0 Å². The van der Waals surface area contributed by atoms with Gasteiger partial charge in [-0.1, -0.05) is 0 Å². The van der Waals surface area contributed by atoms with Crippen molar-refractivity contribution in [2.24, 2.45) is 5.73 Å². The lowest BCUT2D eigenvalue weighted by atomic mass is 10.2. The Morgan fingerprint density at radius 2 is 2.46 bits per heavy atom. The fourth-order valence-corrected chi connectivity index (χ4v) is 0.848. The lowest BCUT2D eigenvalue weighted by molar-refractivity contribution is 0.0994. The predicted octanol–water partition coefficient (Wildman–Crippen LogP) is -0.448. The summed E-state index contributed by atoms with van der Waals surface area (Å²) in [5, 5.41) is 8.50. The third-order valence-corrected chi connectivity index (χ3v) is 1.40. The van der Waals surface area contributed by atoms with Gasteiger partial charge in [0, 0.05) is 12.4 Å². The number of aromatic nitrogens is 1. The van der Waals surface area contributed by atoms with E-state index in [4.69, 9.17) is 15.6 Å². The van der Waals surface area contributed by atoms with Crippen LogP contribution in [0.15, 0.2) is 18.5 Å². The summed E-state index contributed by atoms with van der Waals surface area (Å²) < 4.78 is 5.06. The van der Waals surface area contributed by atoms with Crippen molar-refractivity contribution in [1.29, 1.82) is 0 Å². The van der Waals surface area contributed by atoms with Crippen molar-refractivity contribution < 1.29 is 14.6 Å². The SMILES string of the molecule is NC(=O)c1cnccc1OCCO. The summed E-state index contributed by atoms with van der Waals surface area (Å²) in [6.07, 6.45) is 2.81. The van der Waals surface area contributed by atoms with Crippen LogP contribution in [0, 0.1) is 0 Å². The smallest absolute Gasteiger partial charge is 0.254 e. The van der Waals surface area contributed by atoms with Crippen LogP contribution in [0.25, 0.3) is 0 Å². The van der Waals surface area contributed by atoms with Gasteiger partial charge in [0.2, 0.25) is 0 Å². The molecule has 0 fully saturated rings. The van der Waals surface area contributed by atoms with Crippen LogP contribution in [0.5, 0.6) is 5.75 Å². The topological polar surface area (TPSA) is 85.4 Å². The average Bonchev–Trinajstić information content (AvgIpc) is 2.15. The molecule has 1 amide bonds. The summed E-state index contributed by atoms with van der Waals surface area (Å²) in [6, 6.07) is 1.52. The fourth-order valence-electron chi connectivity index (χ4n) is 0.848. The zero-order valence-corrected chi connectivity index (χ0v) is 6.93. The molecule has 0 saturated heterocycles. The molecular weight excluding hydrogens is 172 g/mol. The number of ether oxygens (including phenoxy) is 1. The highest BCUT2D eigenvalue weighted by Gasteiger charge is 2.07. The Bertz CT molecular complexity index is 301. The van der Waals surface area contributed by atoms with Gasteiger partial charge < -0.3 is 15.6 Å². The Kier molecular flexibility index (Phi) is 3.22. The van der Waals surface area contributed by atoms with Crippen molar-refractivity contribution in [3.05, 3.63) is 24.0 Å². The molecule has 0 bridgehead atoms. The van der Waals surface area contributed by atoms with Crippen molar-refractivity contribution in [1.82, 2.24) is 4.98 Å². The highest BCUT2D eigenvalue weighted by molar-refractivity contribution is 5.95. The number of pyridine rings is 1. The van der Waals surface area contributed by atoms with E-state index in [9.17, 15) is 4.79 Å². The first-order chi connectivity index (χ1) is 6.25. The summed E-state index contributed by atoms with van der Waals surface area (Å²) >= 11 is 0. The number of amides is 1. The van der Waals surface area contributed by atoms with Gasteiger partial charge >= 0.3 is 0 Å². The minimum atomic E-state index is -0.596. The molecule has 1 rings (SSSR count). The minimum Gasteiger partial charge on any atom is -0.490 e. The molecule has 1 aromatic heterocycles. The van der Waals surface area contributed by atoms with E-state index >= 15 is 0 Å². The summed E-state index contributed by atoms with van der Waals surface area (Å²) in [4.78, 5) is 14.6.